The Labute approximate surface area is 124 Å². The number of aliphatic hydroxyl groups excluding tert-OH is 1. The second kappa shape index (κ2) is 7.36. The second-order valence-electron chi connectivity index (χ2n) is 5.03. The molecule has 0 saturated carbocycles. The Kier molecular flexibility index (Phi) is 6.39. The highest BCUT2D eigenvalue weighted by atomic mass is 35.5. The van der Waals surface area contributed by atoms with Gasteiger partial charge in [0.15, 0.2) is 0 Å². The Morgan fingerprint density at radius 2 is 2.05 bits per heavy atom. The van der Waals surface area contributed by atoms with Crippen LogP contribution in [0, 0.1) is 11.7 Å². The Morgan fingerprint density at radius 3 is 2.55 bits per heavy atom. The summed E-state index contributed by atoms with van der Waals surface area (Å²) in [5.41, 5.74) is 0.336. The molecule has 1 aromatic rings. The van der Waals surface area contributed by atoms with Crippen LogP contribution in [-0.2, 0) is 10.0 Å². The van der Waals surface area contributed by atoms with Crippen molar-refractivity contribution in [2.24, 2.45) is 5.92 Å². The van der Waals surface area contributed by atoms with Gasteiger partial charge in [-0.2, -0.15) is 0 Å². The Hall–Kier alpha value is -0.690. The third-order valence-electron chi connectivity index (χ3n) is 2.81. The lowest BCUT2D eigenvalue weighted by atomic mass is 10.1. The lowest BCUT2D eigenvalue weighted by molar-refractivity contribution is 0.258. The van der Waals surface area contributed by atoms with Crippen molar-refractivity contribution in [2.45, 2.75) is 26.3 Å². The highest BCUT2D eigenvalue weighted by Crippen LogP contribution is 2.21. The highest BCUT2D eigenvalue weighted by Gasteiger charge is 2.20. The van der Waals surface area contributed by atoms with Crippen LogP contribution in [-0.4, -0.2) is 25.9 Å². The number of hydrogen-bond donors (Lipinski definition) is 2. The molecule has 20 heavy (non-hydrogen) atoms. The van der Waals surface area contributed by atoms with Gasteiger partial charge in [-0.25, -0.2) is 17.5 Å². The van der Waals surface area contributed by atoms with E-state index in [0.717, 1.165) is 6.07 Å². The van der Waals surface area contributed by atoms with E-state index in [9.17, 15) is 17.9 Å². The molecule has 1 atom stereocenters. The molecule has 0 amide bonds. The lowest BCUT2D eigenvalue weighted by Crippen LogP contribution is -2.33. The summed E-state index contributed by atoms with van der Waals surface area (Å²) in [6.45, 7) is 3.39. The van der Waals surface area contributed by atoms with Crippen LogP contribution < -0.4 is 4.72 Å². The molecule has 0 fully saturated rings. The summed E-state index contributed by atoms with van der Waals surface area (Å²) in [7, 11) is -3.52. The summed E-state index contributed by atoms with van der Waals surface area (Å²) < 4.78 is 39.5. The molecule has 0 aliphatic heterocycles. The summed E-state index contributed by atoms with van der Waals surface area (Å²) in [4.78, 5) is 0. The van der Waals surface area contributed by atoms with Gasteiger partial charge in [-0.05, 0) is 30.0 Å². The Morgan fingerprint density at radius 1 is 1.40 bits per heavy atom. The van der Waals surface area contributed by atoms with Gasteiger partial charge < -0.3 is 5.11 Å². The van der Waals surface area contributed by atoms with E-state index in [1.807, 2.05) is 13.8 Å². The van der Waals surface area contributed by atoms with Crippen LogP contribution in [0.15, 0.2) is 18.2 Å². The quantitative estimate of drug-likeness (QED) is 0.810. The molecule has 0 aromatic heterocycles. The molecule has 7 heteroatoms. The van der Waals surface area contributed by atoms with Crippen LogP contribution in [0.1, 0.15) is 31.9 Å². The molecule has 1 unspecified atom stereocenters. The minimum atomic E-state index is -3.52. The van der Waals surface area contributed by atoms with Crippen molar-refractivity contribution < 1.29 is 17.9 Å². The van der Waals surface area contributed by atoms with E-state index < -0.39 is 28.5 Å². The van der Waals surface area contributed by atoms with Crippen molar-refractivity contribution in [3.63, 3.8) is 0 Å². The third kappa shape index (κ3) is 5.36. The minimum Gasteiger partial charge on any atom is -0.394 e. The third-order valence-corrected chi connectivity index (χ3v) is 4.54. The molecular formula is C13H19ClFNO3S. The van der Waals surface area contributed by atoms with Gasteiger partial charge in [-0.1, -0.05) is 31.5 Å². The van der Waals surface area contributed by atoms with Gasteiger partial charge in [-0.3, -0.25) is 0 Å². The Balaban J connectivity index is 2.83. The molecule has 0 bridgehead atoms. The molecule has 2 N–H and O–H groups in total. The van der Waals surface area contributed by atoms with E-state index in [-0.39, 0.29) is 16.7 Å². The summed E-state index contributed by atoms with van der Waals surface area (Å²) in [6.07, 6.45) is 0.516. The van der Waals surface area contributed by atoms with Crippen molar-refractivity contribution in [1.29, 1.82) is 0 Å². The SMILES string of the molecule is CC(C)CCS(=O)(=O)NC(CO)c1ccc(Cl)c(F)c1. The molecule has 0 radical (unpaired) electrons. The maximum atomic E-state index is 13.4. The molecule has 1 rings (SSSR count). The predicted molar refractivity (Wildman–Crippen MR) is 77.6 cm³/mol. The zero-order valence-electron chi connectivity index (χ0n) is 11.4. The van der Waals surface area contributed by atoms with E-state index in [0.29, 0.717) is 12.0 Å². The van der Waals surface area contributed by atoms with Gasteiger partial charge in [-0.15, -0.1) is 0 Å². The molecule has 0 aliphatic carbocycles. The highest BCUT2D eigenvalue weighted by molar-refractivity contribution is 7.89. The zero-order chi connectivity index (χ0) is 15.3. The van der Waals surface area contributed by atoms with E-state index in [1.165, 1.54) is 12.1 Å². The van der Waals surface area contributed by atoms with Gasteiger partial charge in [0, 0.05) is 0 Å². The van der Waals surface area contributed by atoms with Crippen molar-refractivity contribution in [2.75, 3.05) is 12.4 Å². The topological polar surface area (TPSA) is 66.4 Å². The summed E-state index contributed by atoms with van der Waals surface area (Å²) in [5, 5.41) is 9.25. The van der Waals surface area contributed by atoms with Gasteiger partial charge in [0.25, 0.3) is 0 Å². The fourth-order valence-electron chi connectivity index (χ4n) is 1.61. The summed E-state index contributed by atoms with van der Waals surface area (Å²) in [6, 6.07) is 3.06. The minimum absolute atomic E-state index is 0.0305. The number of sulfonamides is 1. The molecular weight excluding hydrogens is 305 g/mol. The first-order chi connectivity index (χ1) is 9.25. The number of hydrogen-bond acceptors (Lipinski definition) is 3. The van der Waals surface area contributed by atoms with Crippen LogP contribution >= 0.6 is 11.6 Å². The van der Waals surface area contributed by atoms with Crippen molar-refractivity contribution >= 4 is 21.6 Å². The molecule has 0 aliphatic rings. The lowest BCUT2D eigenvalue weighted by Gasteiger charge is -2.17. The van der Waals surface area contributed by atoms with Crippen molar-refractivity contribution in [3.05, 3.63) is 34.6 Å². The van der Waals surface area contributed by atoms with Crippen LogP contribution in [0.5, 0.6) is 0 Å². The predicted octanol–water partition coefficient (Wildman–Crippen LogP) is 2.48. The average Bonchev–Trinajstić information content (AvgIpc) is 2.37. The molecule has 4 nitrogen and oxygen atoms in total. The van der Waals surface area contributed by atoms with Gasteiger partial charge in [0.05, 0.1) is 23.4 Å². The van der Waals surface area contributed by atoms with E-state index >= 15 is 0 Å². The number of halogens is 2. The Bertz CT molecular complexity index is 549. The van der Waals surface area contributed by atoms with Crippen LogP contribution in [0.4, 0.5) is 4.39 Å². The molecule has 0 spiro atoms. The number of aliphatic hydroxyl groups is 1. The smallest absolute Gasteiger partial charge is 0.212 e. The standard InChI is InChI=1S/C13H19ClFNO3S/c1-9(2)5-6-20(18,19)16-13(8-17)10-3-4-11(14)12(15)7-10/h3-4,7,9,13,16-17H,5-6,8H2,1-2H3. The number of rotatable bonds is 7. The maximum Gasteiger partial charge on any atom is 0.212 e. The van der Waals surface area contributed by atoms with Crippen molar-refractivity contribution in [3.8, 4) is 0 Å². The monoisotopic (exact) mass is 323 g/mol. The van der Waals surface area contributed by atoms with E-state index in [4.69, 9.17) is 11.6 Å². The molecule has 0 heterocycles. The normalized spacial score (nSPS) is 13.7. The van der Waals surface area contributed by atoms with E-state index in [2.05, 4.69) is 4.72 Å². The number of benzene rings is 1. The van der Waals surface area contributed by atoms with E-state index in [1.54, 1.807) is 0 Å². The first-order valence-electron chi connectivity index (χ1n) is 6.31. The van der Waals surface area contributed by atoms with Crippen LogP contribution in [0.2, 0.25) is 5.02 Å². The van der Waals surface area contributed by atoms with Gasteiger partial charge in [0.2, 0.25) is 10.0 Å². The van der Waals surface area contributed by atoms with Crippen LogP contribution in [0.3, 0.4) is 0 Å². The summed E-state index contributed by atoms with van der Waals surface area (Å²) >= 11 is 5.57. The van der Waals surface area contributed by atoms with Crippen LogP contribution in [0.25, 0.3) is 0 Å². The summed E-state index contributed by atoms with van der Waals surface area (Å²) in [5.74, 6) is -0.423. The van der Waals surface area contributed by atoms with Gasteiger partial charge in [0.1, 0.15) is 5.82 Å². The molecule has 1 aromatic carbocycles. The average molecular weight is 324 g/mol. The van der Waals surface area contributed by atoms with Gasteiger partial charge >= 0.3 is 0 Å². The fourth-order valence-corrected chi connectivity index (χ4v) is 3.27. The maximum absolute atomic E-state index is 13.4. The largest absolute Gasteiger partial charge is 0.394 e. The van der Waals surface area contributed by atoms with Crippen molar-refractivity contribution in [1.82, 2.24) is 4.72 Å². The molecule has 114 valence electrons. The fraction of sp³-hybridized carbons (Fsp3) is 0.538. The first-order valence-corrected chi connectivity index (χ1v) is 8.34. The second-order valence-corrected chi connectivity index (χ2v) is 7.31. The number of nitrogens with one attached hydrogen (secondary N) is 1. The molecule has 0 saturated heterocycles. The first kappa shape index (κ1) is 17.4. The zero-order valence-corrected chi connectivity index (χ0v) is 13.0.